The third-order valence-corrected chi connectivity index (χ3v) is 6.33. The van der Waals surface area contributed by atoms with Crippen LogP contribution in [-0.4, -0.2) is 24.8 Å². The highest BCUT2D eigenvalue weighted by atomic mass is 79.9. The van der Waals surface area contributed by atoms with E-state index in [4.69, 9.17) is 15.2 Å². The standard InChI is InChI=1S/C17H23NO3.C7H9Br2N/c19-13-18-15-12-20-17(10-6-1-2-7-11-17)21-16(15)14-8-4-3-5-9-14;1-2-3-7(10)6(9)4-5-8/h3-5,8-9,13,15-16H,1-2,6-7,10-12H2,(H,18,19);2-5H,10H2,1H3/b;3-2-,5-4+,7-6-. The van der Waals surface area contributed by atoms with Crippen molar-refractivity contribution in [1.29, 1.82) is 0 Å². The Balaban J connectivity index is 0.000000291. The second kappa shape index (κ2) is 13.9. The number of allylic oxidation sites excluding steroid dienone is 4. The minimum Gasteiger partial charge on any atom is -0.398 e. The first-order valence-electron chi connectivity index (χ1n) is 10.7. The van der Waals surface area contributed by atoms with Crippen molar-refractivity contribution in [1.82, 2.24) is 5.32 Å². The van der Waals surface area contributed by atoms with E-state index in [0.29, 0.717) is 6.61 Å². The molecule has 7 heteroatoms. The molecule has 2 aliphatic rings. The van der Waals surface area contributed by atoms with Gasteiger partial charge >= 0.3 is 0 Å². The van der Waals surface area contributed by atoms with Crippen molar-refractivity contribution in [2.75, 3.05) is 6.61 Å². The van der Waals surface area contributed by atoms with Gasteiger partial charge in [0.05, 0.1) is 12.6 Å². The van der Waals surface area contributed by atoms with E-state index in [1.807, 2.05) is 43.4 Å². The Morgan fingerprint density at radius 1 is 1.16 bits per heavy atom. The van der Waals surface area contributed by atoms with Crippen LogP contribution in [0.15, 0.2) is 63.7 Å². The Morgan fingerprint density at radius 3 is 2.42 bits per heavy atom. The van der Waals surface area contributed by atoms with Crippen LogP contribution in [0, 0.1) is 0 Å². The first-order chi connectivity index (χ1) is 15.0. The number of nitrogens with one attached hydrogen (secondary N) is 1. The van der Waals surface area contributed by atoms with E-state index < -0.39 is 5.79 Å². The number of amides is 1. The highest BCUT2D eigenvalue weighted by Gasteiger charge is 2.43. The van der Waals surface area contributed by atoms with E-state index >= 15 is 0 Å². The Labute approximate surface area is 202 Å². The molecule has 5 nitrogen and oxygen atoms in total. The monoisotopic (exact) mass is 554 g/mol. The van der Waals surface area contributed by atoms with Gasteiger partial charge in [-0.2, -0.15) is 0 Å². The summed E-state index contributed by atoms with van der Waals surface area (Å²) in [6, 6.07) is 9.99. The smallest absolute Gasteiger partial charge is 0.207 e. The molecule has 0 aromatic heterocycles. The van der Waals surface area contributed by atoms with Gasteiger partial charge in [-0.15, -0.1) is 0 Å². The maximum Gasteiger partial charge on any atom is 0.207 e. The van der Waals surface area contributed by atoms with E-state index in [1.165, 1.54) is 12.8 Å². The molecule has 1 saturated carbocycles. The van der Waals surface area contributed by atoms with Crippen molar-refractivity contribution in [2.24, 2.45) is 5.73 Å². The molecule has 1 saturated heterocycles. The fourth-order valence-electron chi connectivity index (χ4n) is 3.78. The van der Waals surface area contributed by atoms with Crippen molar-refractivity contribution in [3.8, 4) is 0 Å². The minimum atomic E-state index is -0.460. The first-order valence-corrected chi connectivity index (χ1v) is 12.4. The summed E-state index contributed by atoms with van der Waals surface area (Å²) in [6.07, 6.45) is 12.8. The van der Waals surface area contributed by atoms with Gasteiger partial charge in [-0.25, -0.2) is 0 Å². The lowest BCUT2D eigenvalue weighted by atomic mass is 9.98. The third kappa shape index (κ3) is 8.22. The van der Waals surface area contributed by atoms with Crippen LogP contribution in [0.1, 0.15) is 57.1 Å². The predicted molar refractivity (Wildman–Crippen MR) is 133 cm³/mol. The summed E-state index contributed by atoms with van der Waals surface area (Å²) < 4.78 is 13.3. The number of rotatable bonds is 5. The molecule has 0 bridgehead atoms. The molecular weight excluding hydrogens is 524 g/mol. The fourth-order valence-corrected chi connectivity index (χ4v) is 4.67. The number of hydrogen-bond donors (Lipinski definition) is 2. The van der Waals surface area contributed by atoms with E-state index in [-0.39, 0.29) is 12.1 Å². The zero-order valence-corrected chi connectivity index (χ0v) is 21.1. The van der Waals surface area contributed by atoms with Crippen molar-refractivity contribution in [2.45, 2.75) is 63.4 Å². The molecule has 1 aliphatic heterocycles. The largest absolute Gasteiger partial charge is 0.398 e. The molecule has 2 atom stereocenters. The van der Waals surface area contributed by atoms with Crippen LogP contribution in [0.25, 0.3) is 0 Å². The molecule has 3 N–H and O–H groups in total. The molecule has 2 unspecified atom stereocenters. The zero-order chi connectivity index (χ0) is 22.5. The average molecular weight is 556 g/mol. The van der Waals surface area contributed by atoms with E-state index in [2.05, 4.69) is 49.3 Å². The van der Waals surface area contributed by atoms with Crippen LogP contribution in [0.2, 0.25) is 0 Å². The number of carbonyl (C=O) groups is 1. The molecule has 1 aromatic carbocycles. The van der Waals surface area contributed by atoms with E-state index in [9.17, 15) is 4.79 Å². The summed E-state index contributed by atoms with van der Waals surface area (Å²) in [5.41, 5.74) is 7.41. The highest BCUT2D eigenvalue weighted by Crippen LogP contribution is 2.40. The number of carbonyl (C=O) groups excluding carboxylic acids is 1. The molecule has 0 radical (unpaired) electrons. The van der Waals surface area contributed by atoms with E-state index in [0.717, 1.165) is 47.8 Å². The predicted octanol–water partition coefficient (Wildman–Crippen LogP) is 5.98. The lowest BCUT2D eigenvalue weighted by Gasteiger charge is -2.44. The summed E-state index contributed by atoms with van der Waals surface area (Å²) in [5, 5.41) is 2.84. The van der Waals surface area contributed by atoms with Gasteiger partial charge in [0, 0.05) is 23.0 Å². The van der Waals surface area contributed by atoms with Crippen LogP contribution in [-0.2, 0) is 14.3 Å². The summed E-state index contributed by atoms with van der Waals surface area (Å²) in [5.74, 6) is -0.460. The summed E-state index contributed by atoms with van der Waals surface area (Å²) in [6.45, 7) is 2.43. The zero-order valence-electron chi connectivity index (χ0n) is 17.9. The SMILES string of the molecule is C\C=C/C(N)=C(Br)\C=C\Br.O=CNC1COC2(CCCCCC2)OC1c1ccccc1. The van der Waals surface area contributed by atoms with Gasteiger partial charge in [0.25, 0.3) is 0 Å². The number of benzene rings is 1. The van der Waals surface area contributed by atoms with Gasteiger partial charge in [-0.05, 0) is 58.4 Å². The van der Waals surface area contributed by atoms with Crippen molar-refractivity contribution in [3.05, 3.63) is 69.3 Å². The Hall–Kier alpha value is -1.41. The van der Waals surface area contributed by atoms with Gasteiger partial charge < -0.3 is 20.5 Å². The first kappa shape index (κ1) is 25.8. The van der Waals surface area contributed by atoms with Crippen LogP contribution in [0.3, 0.4) is 0 Å². The summed E-state index contributed by atoms with van der Waals surface area (Å²) in [4.78, 5) is 12.6. The molecule has 1 spiro atoms. The molecule has 1 aliphatic carbocycles. The Bertz CT molecular complexity index is 737. The van der Waals surface area contributed by atoms with Crippen molar-refractivity contribution >= 4 is 38.3 Å². The lowest BCUT2D eigenvalue weighted by molar-refractivity contribution is -0.308. The normalized spacial score (nSPS) is 24.2. The van der Waals surface area contributed by atoms with Gasteiger partial charge in [0.1, 0.15) is 6.10 Å². The number of hydrogen-bond acceptors (Lipinski definition) is 4. The molecule has 1 amide bonds. The molecule has 3 rings (SSSR count). The van der Waals surface area contributed by atoms with Crippen molar-refractivity contribution in [3.63, 3.8) is 0 Å². The topological polar surface area (TPSA) is 73.6 Å². The molecule has 1 aromatic rings. The molecule has 2 fully saturated rings. The fraction of sp³-hybridized carbons (Fsp3) is 0.458. The molecule has 170 valence electrons. The van der Waals surface area contributed by atoms with E-state index in [1.54, 1.807) is 4.99 Å². The summed E-state index contributed by atoms with van der Waals surface area (Å²) >= 11 is 6.44. The van der Waals surface area contributed by atoms with Crippen molar-refractivity contribution < 1.29 is 14.3 Å². The second-order valence-corrected chi connectivity index (χ2v) is 8.95. The third-order valence-electron chi connectivity index (χ3n) is 5.34. The number of nitrogens with two attached hydrogens (primary N) is 1. The van der Waals surface area contributed by atoms with Gasteiger partial charge in [-0.3, -0.25) is 4.79 Å². The molecule has 31 heavy (non-hydrogen) atoms. The quantitative estimate of drug-likeness (QED) is 0.346. The Kier molecular flexibility index (Phi) is 11.6. The van der Waals surface area contributed by atoms with Crippen LogP contribution >= 0.6 is 31.9 Å². The maximum atomic E-state index is 10.9. The van der Waals surface area contributed by atoms with Gasteiger partial charge in [0.2, 0.25) is 6.41 Å². The Morgan fingerprint density at radius 2 is 1.84 bits per heavy atom. The van der Waals surface area contributed by atoms with Crippen LogP contribution < -0.4 is 11.1 Å². The van der Waals surface area contributed by atoms with Crippen LogP contribution in [0.4, 0.5) is 0 Å². The lowest BCUT2D eigenvalue weighted by Crippen LogP contribution is -2.52. The summed E-state index contributed by atoms with van der Waals surface area (Å²) in [7, 11) is 0. The van der Waals surface area contributed by atoms with Crippen LogP contribution in [0.5, 0.6) is 0 Å². The maximum absolute atomic E-state index is 10.9. The average Bonchev–Trinajstić information content (AvgIpc) is 3.02. The van der Waals surface area contributed by atoms with Gasteiger partial charge in [-0.1, -0.05) is 65.2 Å². The minimum absolute atomic E-state index is 0.126. The highest BCUT2D eigenvalue weighted by molar-refractivity contribution is 9.12. The molecule has 1 heterocycles. The van der Waals surface area contributed by atoms with Gasteiger partial charge in [0.15, 0.2) is 5.79 Å². The molecular formula is C24H32Br2N2O3. The number of halogens is 2. The second-order valence-electron chi connectivity index (χ2n) is 7.57. The number of ether oxygens (including phenoxy) is 2.